The molecule has 0 spiro atoms. The zero-order valence-corrected chi connectivity index (χ0v) is 12.4. The lowest BCUT2D eigenvalue weighted by atomic mass is 10.1. The number of aromatic carboxylic acids is 1. The van der Waals surface area contributed by atoms with E-state index in [-0.39, 0.29) is 17.9 Å². The van der Waals surface area contributed by atoms with Crippen LogP contribution in [0.25, 0.3) is 0 Å². The van der Waals surface area contributed by atoms with E-state index in [1.165, 1.54) is 18.2 Å². The van der Waals surface area contributed by atoms with Gasteiger partial charge in [0, 0.05) is 24.1 Å². The molecule has 1 amide bonds. The second-order valence-corrected chi connectivity index (χ2v) is 4.96. The Labute approximate surface area is 127 Å². The van der Waals surface area contributed by atoms with E-state index < -0.39 is 11.8 Å². The molecule has 1 aromatic carbocycles. The van der Waals surface area contributed by atoms with Gasteiger partial charge < -0.3 is 15.0 Å². The summed E-state index contributed by atoms with van der Waals surface area (Å²) in [7, 11) is 0. The third-order valence-electron chi connectivity index (χ3n) is 3.37. The smallest absolute Gasteiger partial charge is 0.337 e. The van der Waals surface area contributed by atoms with Crippen LogP contribution in [-0.4, -0.2) is 21.6 Å². The van der Waals surface area contributed by atoms with Gasteiger partial charge in [-0.2, -0.15) is 0 Å². The molecule has 0 saturated heterocycles. The molecule has 0 atom stereocenters. The van der Waals surface area contributed by atoms with E-state index in [1.807, 2.05) is 6.92 Å². The molecule has 6 heteroatoms. The highest BCUT2D eigenvalue weighted by Crippen LogP contribution is 2.19. The maximum Gasteiger partial charge on any atom is 0.337 e. The van der Waals surface area contributed by atoms with E-state index in [1.54, 1.807) is 23.8 Å². The molecule has 0 saturated carbocycles. The summed E-state index contributed by atoms with van der Waals surface area (Å²) in [4.78, 5) is 23.5. The van der Waals surface area contributed by atoms with Crippen LogP contribution in [0.15, 0.2) is 30.5 Å². The van der Waals surface area contributed by atoms with Crippen LogP contribution >= 0.6 is 0 Å². The van der Waals surface area contributed by atoms with Gasteiger partial charge in [-0.1, -0.05) is 6.07 Å². The molecule has 2 aromatic rings. The summed E-state index contributed by atoms with van der Waals surface area (Å²) in [6.45, 7) is 4.14. The van der Waals surface area contributed by atoms with Gasteiger partial charge in [-0.05, 0) is 37.6 Å². The first-order valence-electron chi connectivity index (χ1n) is 6.89. The fraction of sp³-hybridized carbons (Fsp3) is 0.250. The van der Waals surface area contributed by atoms with Crippen LogP contribution in [0.2, 0.25) is 0 Å². The molecule has 1 aromatic heterocycles. The number of carboxylic acid groups (broad SMARTS) is 1. The van der Waals surface area contributed by atoms with Crippen LogP contribution in [-0.2, 0) is 17.8 Å². The number of rotatable bonds is 5. The van der Waals surface area contributed by atoms with E-state index in [0.717, 1.165) is 0 Å². The Morgan fingerprint density at radius 3 is 2.68 bits per heavy atom. The predicted octanol–water partition coefficient (Wildman–Crippen LogP) is 2.83. The maximum atomic E-state index is 13.1. The maximum absolute atomic E-state index is 13.1. The Kier molecular flexibility index (Phi) is 4.60. The minimum atomic E-state index is -1.06. The highest BCUT2D eigenvalue weighted by Gasteiger charge is 2.20. The first-order chi connectivity index (χ1) is 10.4. The van der Waals surface area contributed by atoms with E-state index in [2.05, 4.69) is 5.32 Å². The van der Waals surface area contributed by atoms with Crippen molar-refractivity contribution in [3.05, 3.63) is 53.1 Å². The van der Waals surface area contributed by atoms with E-state index in [0.29, 0.717) is 23.5 Å². The van der Waals surface area contributed by atoms with Gasteiger partial charge in [-0.3, -0.25) is 4.79 Å². The minimum Gasteiger partial charge on any atom is -0.478 e. The van der Waals surface area contributed by atoms with Crippen molar-refractivity contribution in [2.75, 3.05) is 5.32 Å². The van der Waals surface area contributed by atoms with Gasteiger partial charge in [-0.15, -0.1) is 0 Å². The van der Waals surface area contributed by atoms with Crippen LogP contribution in [0.1, 0.15) is 28.5 Å². The normalized spacial score (nSPS) is 10.5. The number of benzene rings is 1. The third kappa shape index (κ3) is 3.33. The number of aromatic nitrogens is 1. The molecule has 5 nitrogen and oxygen atoms in total. The number of hydrogen-bond donors (Lipinski definition) is 2. The van der Waals surface area contributed by atoms with Crippen LogP contribution in [0.5, 0.6) is 0 Å². The largest absolute Gasteiger partial charge is 0.478 e. The Bertz CT molecular complexity index is 722. The Balaban J connectivity index is 2.23. The summed E-state index contributed by atoms with van der Waals surface area (Å²) < 4.78 is 14.8. The number of anilines is 1. The van der Waals surface area contributed by atoms with Crippen molar-refractivity contribution in [3.8, 4) is 0 Å². The first kappa shape index (κ1) is 15.8. The van der Waals surface area contributed by atoms with Gasteiger partial charge in [0.2, 0.25) is 5.91 Å². The molecule has 0 fully saturated rings. The Morgan fingerprint density at radius 2 is 2.09 bits per heavy atom. The molecule has 2 N–H and O–H groups in total. The molecule has 0 aliphatic heterocycles. The van der Waals surface area contributed by atoms with Crippen molar-refractivity contribution >= 4 is 17.6 Å². The zero-order chi connectivity index (χ0) is 16.3. The Hall–Kier alpha value is -2.63. The van der Waals surface area contributed by atoms with E-state index >= 15 is 0 Å². The third-order valence-corrected chi connectivity index (χ3v) is 3.37. The topological polar surface area (TPSA) is 71.3 Å². The Morgan fingerprint density at radius 1 is 1.36 bits per heavy atom. The van der Waals surface area contributed by atoms with Crippen molar-refractivity contribution in [1.29, 1.82) is 0 Å². The second-order valence-electron chi connectivity index (χ2n) is 4.96. The molecule has 2 rings (SSSR count). The first-order valence-corrected chi connectivity index (χ1v) is 6.89. The number of nitrogens with one attached hydrogen (secondary N) is 1. The molecular weight excluding hydrogens is 287 g/mol. The summed E-state index contributed by atoms with van der Waals surface area (Å²) in [6, 6.07) is 5.56. The molecule has 1 heterocycles. The average molecular weight is 304 g/mol. The highest BCUT2D eigenvalue weighted by atomic mass is 19.1. The molecular formula is C16H17FN2O3. The predicted molar refractivity (Wildman–Crippen MR) is 80.5 cm³/mol. The van der Waals surface area contributed by atoms with Gasteiger partial charge in [0.1, 0.15) is 5.82 Å². The summed E-state index contributed by atoms with van der Waals surface area (Å²) in [5.41, 5.74) is 1.55. The number of carbonyl (C=O) groups is 2. The number of carboxylic acids is 1. The van der Waals surface area contributed by atoms with Crippen LogP contribution < -0.4 is 5.32 Å². The van der Waals surface area contributed by atoms with Crippen molar-refractivity contribution in [3.63, 3.8) is 0 Å². The van der Waals surface area contributed by atoms with Gasteiger partial charge in [0.25, 0.3) is 0 Å². The monoisotopic (exact) mass is 304 g/mol. The number of aryl methyl sites for hydroxylation is 2. The fourth-order valence-corrected chi connectivity index (χ4v) is 2.44. The molecule has 0 aliphatic rings. The molecule has 0 aliphatic carbocycles. The SMILES string of the molecule is CCn1cc(C)c(C(=O)O)c1CC(=O)Nc1cccc(F)c1. The quantitative estimate of drug-likeness (QED) is 0.892. The standard InChI is InChI=1S/C16H17FN2O3/c1-3-19-9-10(2)15(16(21)22)13(19)8-14(20)18-12-6-4-5-11(17)7-12/h4-7,9H,3,8H2,1-2H3,(H,18,20)(H,21,22). The molecule has 22 heavy (non-hydrogen) atoms. The lowest BCUT2D eigenvalue weighted by molar-refractivity contribution is -0.115. The number of amides is 1. The van der Waals surface area contributed by atoms with Crippen molar-refractivity contribution < 1.29 is 19.1 Å². The summed E-state index contributed by atoms with van der Waals surface area (Å²) in [5, 5.41) is 11.9. The molecule has 0 unspecified atom stereocenters. The van der Waals surface area contributed by atoms with Gasteiger partial charge in [-0.25, -0.2) is 9.18 Å². The zero-order valence-electron chi connectivity index (χ0n) is 12.4. The highest BCUT2D eigenvalue weighted by molar-refractivity contribution is 5.96. The second kappa shape index (κ2) is 6.43. The molecule has 0 radical (unpaired) electrons. The minimum absolute atomic E-state index is 0.0835. The number of nitrogens with zero attached hydrogens (tertiary/aromatic N) is 1. The van der Waals surface area contributed by atoms with Crippen molar-refractivity contribution in [2.45, 2.75) is 26.8 Å². The number of halogens is 1. The van der Waals surface area contributed by atoms with Crippen molar-refractivity contribution in [2.24, 2.45) is 0 Å². The van der Waals surface area contributed by atoms with Gasteiger partial charge in [0.15, 0.2) is 0 Å². The van der Waals surface area contributed by atoms with E-state index in [4.69, 9.17) is 0 Å². The summed E-state index contributed by atoms with van der Waals surface area (Å²) >= 11 is 0. The number of hydrogen-bond acceptors (Lipinski definition) is 2. The van der Waals surface area contributed by atoms with Gasteiger partial charge in [0.05, 0.1) is 12.0 Å². The fourth-order valence-electron chi connectivity index (χ4n) is 2.44. The molecule has 0 bridgehead atoms. The molecule has 116 valence electrons. The van der Waals surface area contributed by atoms with E-state index in [9.17, 15) is 19.1 Å². The summed E-state index contributed by atoms with van der Waals surface area (Å²) in [6.07, 6.45) is 1.63. The lowest BCUT2D eigenvalue weighted by Gasteiger charge is -2.09. The number of carbonyl (C=O) groups excluding carboxylic acids is 1. The average Bonchev–Trinajstić information content (AvgIpc) is 2.74. The van der Waals surface area contributed by atoms with Crippen LogP contribution in [0.3, 0.4) is 0 Å². The van der Waals surface area contributed by atoms with Gasteiger partial charge >= 0.3 is 5.97 Å². The van der Waals surface area contributed by atoms with Crippen LogP contribution in [0.4, 0.5) is 10.1 Å². The van der Waals surface area contributed by atoms with Crippen molar-refractivity contribution in [1.82, 2.24) is 4.57 Å². The summed E-state index contributed by atoms with van der Waals surface area (Å²) in [5.74, 6) is -1.89. The lowest BCUT2D eigenvalue weighted by Crippen LogP contribution is -2.18. The van der Waals surface area contributed by atoms with Crippen LogP contribution in [0, 0.1) is 12.7 Å².